The fourth-order valence-electron chi connectivity index (χ4n) is 2.52. The Morgan fingerprint density at radius 3 is 2.48 bits per heavy atom. The molecule has 1 fully saturated rings. The van der Waals surface area contributed by atoms with Crippen LogP contribution in [0.4, 0.5) is 0 Å². The SMILES string of the molecule is O=C(O)CN1CCN(Cc2nc(-c3ccc(Cl)cc3)no2)CC1. The minimum absolute atomic E-state index is 0.0924. The van der Waals surface area contributed by atoms with Crippen molar-refractivity contribution in [1.29, 1.82) is 0 Å². The normalized spacial score (nSPS) is 16.6. The van der Waals surface area contributed by atoms with E-state index in [-0.39, 0.29) is 6.54 Å². The summed E-state index contributed by atoms with van der Waals surface area (Å²) in [6, 6.07) is 7.27. The third-order valence-electron chi connectivity index (χ3n) is 3.75. The first-order valence-electron chi connectivity index (χ1n) is 7.35. The van der Waals surface area contributed by atoms with Crippen LogP contribution in [0.3, 0.4) is 0 Å². The van der Waals surface area contributed by atoms with Crippen LogP contribution in [-0.2, 0) is 11.3 Å². The van der Waals surface area contributed by atoms with Gasteiger partial charge in [-0.25, -0.2) is 0 Å². The van der Waals surface area contributed by atoms with Crippen molar-refractivity contribution >= 4 is 17.6 Å². The Kier molecular flexibility index (Phi) is 4.90. The van der Waals surface area contributed by atoms with E-state index in [4.69, 9.17) is 21.2 Å². The minimum atomic E-state index is -0.789. The van der Waals surface area contributed by atoms with E-state index in [9.17, 15) is 4.79 Å². The van der Waals surface area contributed by atoms with E-state index in [1.165, 1.54) is 0 Å². The molecule has 23 heavy (non-hydrogen) atoms. The molecule has 7 nitrogen and oxygen atoms in total. The average Bonchev–Trinajstić information content (AvgIpc) is 2.98. The van der Waals surface area contributed by atoms with Gasteiger partial charge in [0.05, 0.1) is 13.1 Å². The molecule has 0 atom stereocenters. The zero-order chi connectivity index (χ0) is 16.2. The predicted octanol–water partition coefficient (Wildman–Crippen LogP) is 1.59. The second-order valence-corrected chi connectivity index (χ2v) is 5.90. The molecular weight excluding hydrogens is 320 g/mol. The van der Waals surface area contributed by atoms with Crippen molar-refractivity contribution in [2.45, 2.75) is 6.54 Å². The number of carbonyl (C=O) groups is 1. The van der Waals surface area contributed by atoms with Gasteiger partial charge in [-0.2, -0.15) is 4.98 Å². The van der Waals surface area contributed by atoms with Gasteiger partial charge in [-0.15, -0.1) is 0 Å². The number of hydrogen-bond donors (Lipinski definition) is 1. The lowest BCUT2D eigenvalue weighted by Crippen LogP contribution is -2.47. The Hall–Kier alpha value is -1.96. The molecule has 1 aromatic carbocycles. The Bertz CT molecular complexity index is 666. The van der Waals surface area contributed by atoms with E-state index in [0.29, 0.717) is 23.3 Å². The molecule has 0 radical (unpaired) electrons. The Balaban J connectivity index is 1.56. The standard InChI is InChI=1S/C15H17ClN4O3/c16-12-3-1-11(2-4-12)15-17-13(23-18-15)9-19-5-7-20(8-6-19)10-14(21)22/h1-4H,5-10H2,(H,21,22). The van der Waals surface area contributed by atoms with Gasteiger partial charge in [0.2, 0.25) is 11.7 Å². The zero-order valence-corrected chi connectivity index (χ0v) is 13.2. The molecule has 122 valence electrons. The number of halogens is 1. The van der Waals surface area contributed by atoms with Crippen molar-refractivity contribution in [2.75, 3.05) is 32.7 Å². The number of rotatable bonds is 5. The topological polar surface area (TPSA) is 82.7 Å². The largest absolute Gasteiger partial charge is 0.480 e. The number of aromatic nitrogens is 2. The van der Waals surface area contributed by atoms with Crippen LogP contribution in [0.15, 0.2) is 28.8 Å². The zero-order valence-electron chi connectivity index (χ0n) is 12.5. The molecule has 0 bridgehead atoms. The van der Waals surface area contributed by atoms with E-state index in [2.05, 4.69) is 15.0 Å². The van der Waals surface area contributed by atoms with Crippen molar-refractivity contribution in [3.63, 3.8) is 0 Å². The summed E-state index contributed by atoms with van der Waals surface area (Å²) in [4.78, 5) is 19.2. The Morgan fingerprint density at radius 2 is 1.83 bits per heavy atom. The molecule has 2 aromatic rings. The molecule has 1 N–H and O–H groups in total. The van der Waals surface area contributed by atoms with E-state index >= 15 is 0 Å². The number of benzene rings is 1. The summed E-state index contributed by atoms with van der Waals surface area (Å²) in [5, 5.41) is 13.5. The van der Waals surface area contributed by atoms with Gasteiger partial charge in [0.15, 0.2) is 0 Å². The van der Waals surface area contributed by atoms with Gasteiger partial charge in [0, 0.05) is 36.8 Å². The first-order chi connectivity index (χ1) is 11.1. The summed E-state index contributed by atoms with van der Waals surface area (Å²) >= 11 is 5.86. The number of carboxylic acids is 1. The van der Waals surface area contributed by atoms with Crippen molar-refractivity contribution in [2.24, 2.45) is 0 Å². The maximum atomic E-state index is 10.7. The van der Waals surface area contributed by atoms with Crippen LogP contribution in [0.1, 0.15) is 5.89 Å². The average molecular weight is 337 g/mol. The first kappa shape index (κ1) is 15.9. The van der Waals surface area contributed by atoms with Crippen molar-refractivity contribution in [1.82, 2.24) is 19.9 Å². The van der Waals surface area contributed by atoms with E-state index in [0.717, 1.165) is 31.7 Å². The molecule has 1 aliphatic rings. The van der Waals surface area contributed by atoms with Crippen LogP contribution < -0.4 is 0 Å². The lowest BCUT2D eigenvalue weighted by molar-refractivity contribution is -0.138. The van der Waals surface area contributed by atoms with Crippen LogP contribution in [0, 0.1) is 0 Å². The monoisotopic (exact) mass is 336 g/mol. The number of hydrogen-bond acceptors (Lipinski definition) is 6. The third-order valence-corrected chi connectivity index (χ3v) is 4.01. The first-order valence-corrected chi connectivity index (χ1v) is 7.73. The van der Waals surface area contributed by atoms with Gasteiger partial charge in [0.1, 0.15) is 0 Å². The van der Waals surface area contributed by atoms with Gasteiger partial charge in [-0.05, 0) is 24.3 Å². The Morgan fingerprint density at radius 1 is 1.17 bits per heavy atom. The maximum absolute atomic E-state index is 10.7. The van der Waals surface area contributed by atoms with Crippen LogP contribution >= 0.6 is 11.6 Å². The van der Waals surface area contributed by atoms with Gasteiger partial charge < -0.3 is 9.63 Å². The predicted molar refractivity (Wildman–Crippen MR) is 84.1 cm³/mol. The molecule has 0 spiro atoms. The number of carboxylic acid groups (broad SMARTS) is 1. The molecule has 0 aliphatic carbocycles. The molecule has 2 heterocycles. The minimum Gasteiger partial charge on any atom is -0.480 e. The maximum Gasteiger partial charge on any atom is 0.317 e. The second kappa shape index (κ2) is 7.08. The van der Waals surface area contributed by atoms with Crippen LogP contribution in [0.25, 0.3) is 11.4 Å². The van der Waals surface area contributed by atoms with Crippen LogP contribution in [0.5, 0.6) is 0 Å². The molecule has 1 saturated heterocycles. The van der Waals surface area contributed by atoms with E-state index in [1.54, 1.807) is 12.1 Å². The van der Waals surface area contributed by atoms with Crippen LogP contribution in [0.2, 0.25) is 5.02 Å². The molecule has 8 heteroatoms. The lowest BCUT2D eigenvalue weighted by atomic mass is 10.2. The molecule has 1 aromatic heterocycles. The number of nitrogens with zero attached hydrogens (tertiary/aromatic N) is 4. The number of piperazine rings is 1. The highest BCUT2D eigenvalue weighted by Gasteiger charge is 2.20. The molecule has 0 amide bonds. The summed E-state index contributed by atoms with van der Waals surface area (Å²) in [6.07, 6.45) is 0. The molecule has 0 saturated carbocycles. The third kappa shape index (κ3) is 4.28. The molecule has 1 aliphatic heterocycles. The Labute approximate surface area is 138 Å². The highest BCUT2D eigenvalue weighted by Crippen LogP contribution is 2.19. The fraction of sp³-hybridized carbons (Fsp3) is 0.400. The van der Waals surface area contributed by atoms with Gasteiger partial charge in [-0.3, -0.25) is 14.6 Å². The van der Waals surface area contributed by atoms with E-state index in [1.807, 2.05) is 17.0 Å². The molecule has 0 unspecified atom stereocenters. The van der Waals surface area contributed by atoms with Gasteiger partial charge >= 0.3 is 5.97 Å². The number of aliphatic carboxylic acids is 1. The smallest absolute Gasteiger partial charge is 0.317 e. The molecular formula is C15H17ClN4O3. The van der Waals surface area contributed by atoms with Crippen molar-refractivity contribution in [3.05, 3.63) is 35.2 Å². The summed E-state index contributed by atoms with van der Waals surface area (Å²) in [7, 11) is 0. The van der Waals surface area contributed by atoms with Gasteiger partial charge in [0.25, 0.3) is 0 Å². The highest BCUT2D eigenvalue weighted by molar-refractivity contribution is 6.30. The molecule has 3 rings (SSSR count). The van der Waals surface area contributed by atoms with Gasteiger partial charge in [-0.1, -0.05) is 16.8 Å². The van der Waals surface area contributed by atoms with Crippen molar-refractivity contribution in [3.8, 4) is 11.4 Å². The second-order valence-electron chi connectivity index (χ2n) is 5.46. The quantitative estimate of drug-likeness (QED) is 0.887. The van der Waals surface area contributed by atoms with Crippen LogP contribution in [-0.4, -0.2) is 63.7 Å². The summed E-state index contributed by atoms with van der Waals surface area (Å²) < 4.78 is 5.30. The summed E-state index contributed by atoms with van der Waals surface area (Å²) in [6.45, 7) is 3.68. The van der Waals surface area contributed by atoms with E-state index < -0.39 is 5.97 Å². The summed E-state index contributed by atoms with van der Waals surface area (Å²) in [5.41, 5.74) is 0.857. The highest BCUT2D eigenvalue weighted by atomic mass is 35.5. The summed E-state index contributed by atoms with van der Waals surface area (Å²) in [5.74, 6) is 0.311. The lowest BCUT2D eigenvalue weighted by Gasteiger charge is -2.32. The fourth-order valence-corrected chi connectivity index (χ4v) is 2.65. The van der Waals surface area contributed by atoms with Crippen molar-refractivity contribution < 1.29 is 14.4 Å².